The molecule has 0 aliphatic carbocycles. The van der Waals surface area contributed by atoms with Gasteiger partial charge in [-0.05, 0) is 25.1 Å². The summed E-state index contributed by atoms with van der Waals surface area (Å²) in [6.45, 7) is 1.72. The molecule has 2 aromatic carbocycles. The van der Waals surface area contributed by atoms with Gasteiger partial charge in [0.05, 0.1) is 17.1 Å². The number of rotatable bonds is 4. The Bertz CT molecular complexity index is 1190. The standard InChI is InChI=1S/C23H19N3O3/c1-14(20-18(27)12-7-13-24-20)25-23(29)19-16-10-5-6-11-17(16)26-21(22(19)28)15-8-3-2-4-9-15/h2-14,27-28H,1H3,(H,25,29). The number of para-hydroxylation sites is 1. The molecule has 1 amide bonds. The first kappa shape index (κ1) is 18.4. The van der Waals surface area contributed by atoms with E-state index in [9.17, 15) is 15.0 Å². The molecule has 0 saturated heterocycles. The lowest BCUT2D eigenvalue weighted by molar-refractivity contribution is 0.0938. The quantitative estimate of drug-likeness (QED) is 0.489. The lowest BCUT2D eigenvalue weighted by Crippen LogP contribution is -2.27. The smallest absolute Gasteiger partial charge is 0.256 e. The molecule has 2 heterocycles. The molecule has 1 unspecified atom stereocenters. The van der Waals surface area contributed by atoms with Crippen LogP contribution in [0.25, 0.3) is 22.2 Å². The van der Waals surface area contributed by atoms with Gasteiger partial charge in [-0.15, -0.1) is 0 Å². The normalized spacial score (nSPS) is 11.9. The maximum atomic E-state index is 13.1. The second-order valence-electron chi connectivity index (χ2n) is 6.67. The highest BCUT2D eigenvalue weighted by molar-refractivity contribution is 6.10. The van der Waals surface area contributed by atoms with Crippen molar-refractivity contribution in [2.75, 3.05) is 0 Å². The fraction of sp³-hybridized carbons (Fsp3) is 0.0870. The molecule has 0 spiro atoms. The topological polar surface area (TPSA) is 95.3 Å². The minimum atomic E-state index is -0.560. The summed E-state index contributed by atoms with van der Waals surface area (Å²) >= 11 is 0. The first-order valence-electron chi connectivity index (χ1n) is 9.18. The average molecular weight is 385 g/mol. The molecule has 2 aromatic heterocycles. The molecule has 0 saturated carbocycles. The van der Waals surface area contributed by atoms with E-state index in [1.807, 2.05) is 36.4 Å². The summed E-state index contributed by atoms with van der Waals surface area (Å²) in [7, 11) is 0. The van der Waals surface area contributed by atoms with Crippen LogP contribution in [0, 0.1) is 0 Å². The summed E-state index contributed by atoms with van der Waals surface area (Å²) in [5.74, 6) is -0.672. The zero-order valence-corrected chi connectivity index (χ0v) is 15.7. The first-order chi connectivity index (χ1) is 14.1. The van der Waals surface area contributed by atoms with Gasteiger partial charge in [-0.25, -0.2) is 4.98 Å². The number of aromatic hydroxyl groups is 2. The van der Waals surface area contributed by atoms with Crippen molar-refractivity contribution >= 4 is 16.8 Å². The van der Waals surface area contributed by atoms with Gasteiger partial charge in [-0.1, -0.05) is 48.5 Å². The molecule has 0 aliphatic rings. The summed E-state index contributed by atoms with van der Waals surface area (Å²) < 4.78 is 0. The van der Waals surface area contributed by atoms with Gasteiger partial charge in [0.2, 0.25) is 0 Å². The molecule has 1 atom stereocenters. The van der Waals surface area contributed by atoms with E-state index in [2.05, 4.69) is 15.3 Å². The van der Waals surface area contributed by atoms with Gasteiger partial charge in [0.1, 0.15) is 17.1 Å². The molecule has 6 nitrogen and oxygen atoms in total. The second kappa shape index (κ2) is 7.59. The third-order valence-electron chi connectivity index (χ3n) is 4.72. The van der Waals surface area contributed by atoms with Crippen molar-refractivity contribution in [2.45, 2.75) is 13.0 Å². The fourth-order valence-electron chi connectivity index (χ4n) is 3.31. The Labute approximate surface area is 167 Å². The minimum absolute atomic E-state index is 0.00548. The predicted molar refractivity (Wildman–Crippen MR) is 111 cm³/mol. The molecule has 0 bridgehead atoms. The van der Waals surface area contributed by atoms with Crippen LogP contribution in [0.2, 0.25) is 0 Å². The van der Waals surface area contributed by atoms with Crippen molar-refractivity contribution in [3.05, 3.63) is 84.2 Å². The Balaban J connectivity index is 1.81. The van der Waals surface area contributed by atoms with Crippen LogP contribution in [-0.4, -0.2) is 26.1 Å². The lowest BCUT2D eigenvalue weighted by atomic mass is 10.0. The van der Waals surface area contributed by atoms with Gasteiger partial charge in [0, 0.05) is 17.1 Å². The van der Waals surface area contributed by atoms with Crippen LogP contribution in [0.3, 0.4) is 0 Å². The van der Waals surface area contributed by atoms with Crippen molar-refractivity contribution in [2.24, 2.45) is 0 Å². The Morgan fingerprint density at radius 2 is 1.69 bits per heavy atom. The monoisotopic (exact) mass is 385 g/mol. The number of carbonyl (C=O) groups excluding carboxylic acids is 1. The number of pyridine rings is 2. The van der Waals surface area contributed by atoms with Crippen LogP contribution >= 0.6 is 0 Å². The van der Waals surface area contributed by atoms with Crippen LogP contribution in [0.4, 0.5) is 0 Å². The number of fused-ring (bicyclic) bond motifs is 1. The number of amides is 1. The van der Waals surface area contributed by atoms with Gasteiger partial charge in [-0.2, -0.15) is 0 Å². The molecule has 6 heteroatoms. The molecule has 29 heavy (non-hydrogen) atoms. The summed E-state index contributed by atoms with van der Waals surface area (Å²) in [6.07, 6.45) is 1.55. The van der Waals surface area contributed by atoms with Crippen LogP contribution in [0.15, 0.2) is 72.9 Å². The van der Waals surface area contributed by atoms with Crippen molar-refractivity contribution in [3.8, 4) is 22.8 Å². The summed E-state index contributed by atoms with van der Waals surface area (Å²) in [5, 5.41) is 24.3. The second-order valence-corrected chi connectivity index (χ2v) is 6.67. The number of benzene rings is 2. The number of hydrogen-bond donors (Lipinski definition) is 3. The van der Waals surface area contributed by atoms with Gasteiger partial charge >= 0.3 is 0 Å². The molecule has 144 valence electrons. The van der Waals surface area contributed by atoms with Crippen LogP contribution in [-0.2, 0) is 0 Å². The van der Waals surface area contributed by atoms with Crippen molar-refractivity contribution < 1.29 is 15.0 Å². The van der Waals surface area contributed by atoms with Crippen LogP contribution in [0.5, 0.6) is 11.5 Å². The molecular formula is C23H19N3O3. The van der Waals surface area contributed by atoms with Gasteiger partial charge in [0.15, 0.2) is 5.75 Å². The van der Waals surface area contributed by atoms with E-state index in [4.69, 9.17) is 0 Å². The molecule has 3 N–H and O–H groups in total. The van der Waals surface area contributed by atoms with Crippen molar-refractivity contribution in [1.82, 2.24) is 15.3 Å². The van der Waals surface area contributed by atoms with Gasteiger partial charge in [-0.3, -0.25) is 9.78 Å². The molecule has 4 aromatic rings. The molecular weight excluding hydrogens is 366 g/mol. The SMILES string of the molecule is CC(NC(=O)c1c(O)c(-c2ccccc2)nc2ccccc12)c1ncccc1O. The molecule has 0 radical (unpaired) electrons. The first-order valence-corrected chi connectivity index (χ1v) is 9.18. The fourth-order valence-corrected chi connectivity index (χ4v) is 3.31. The van der Waals surface area contributed by atoms with Crippen LogP contribution in [0.1, 0.15) is 29.0 Å². The van der Waals surface area contributed by atoms with E-state index in [1.54, 1.807) is 37.4 Å². The minimum Gasteiger partial charge on any atom is -0.506 e. The number of hydrogen-bond acceptors (Lipinski definition) is 5. The number of carbonyl (C=O) groups is 1. The van der Waals surface area contributed by atoms with E-state index >= 15 is 0 Å². The Morgan fingerprint density at radius 3 is 2.45 bits per heavy atom. The Hall–Kier alpha value is -3.93. The van der Waals surface area contributed by atoms with E-state index in [-0.39, 0.29) is 17.1 Å². The third kappa shape index (κ3) is 3.48. The summed E-state index contributed by atoms with van der Waals surface area (Å²) in [4.78, 5) is 21.8. The average Bonchev–Trinajstić information content (AvgIpc) is 2.74. The van der Waals surface area contributed by atoms with Gasteiger partial charge in [0.25, 0.3) is 5.91 Å². The Morgan fingerprint density at radius 1 is 0.966 bits per heavy atom. The highest BCUT2D eigenvalue weighted by Crippen LogP contribution is 2.35. The zero-order chi connectivity index (χ0) is 20.4. The predicted octanol–water partition coefficient (Wildman–Crippen LogP) is 4.20. The Kier molecular flexibility index (Phi) is 4.83. The highest BCUT2D eigenvalue weighted by Gasteiger charge is 2.23. The van der Waals surface area contributed by atoms with E-state index in [1.165, 1.54) is 6.07 Å². The zero-order valence-electron chi connectivity index (χ0n) is 15.7. The summed E-state index contributed by atoms with van der Waals surface area (Å²) in [5.41, 5.74) is 2.13. The highest BCUT2D eigenvalue weighted by atomic mass is 16.3. The number of aromatic nitrogens is 2. The molecule has 4 rings (SSSR count). The number of nitrogens with zero attached hydrogens (tertiary/aromatic N) is 2. The van der Waals surface area contributed by atoms with Gasteiger partial charge < -0.3 is 15.5 Å². The lowest BCUT2D eigenvalue weighted by Gasteiger charge is -2.17. The van der Waals surface area contributed by atoms with Crippen LogP contribution < -0.4 is 5.32 Å². The van der Waals surface area contributed by atoms with E-state index in [0.29, 0.717) is 27.9 Å². The maximum Gasteiger partial charge on any atom is 0.256 e. The summed E-state index contributed by atoms with van der Waals surface area (Å²) in [6, 6.07) is 18.9. The molecule has 0 aliphatic heterocycles. The van der Waals surface area contributed by atoms with E-state index < -0.39 is 11.9 Å². The largest absolute Gasteiger partial charge is 0.506 e. The van der Waals surface area contributed by atoms with E-state index in [0.717, 1.165) is 0 Å². The molecule has 0 fully saturated rings. The van der Waals surface area contributed by atoms with Crippen molar-refractivity contribution in [3.63, 3.8) is 0 Å². The maximum absolute atomic E-state index is 13.1. The van der Waals surface area contributed by atoms with Crippen molar-refractivity contribution in [1.29, 1.82) is 0 Å². The number of nitrogens with one attached hydrogen (secondary N) is 1. The third-order valence-corrected chi connectivity index (χ3v) is 4.72.